The quantitative estimate of drug-likeness (QED) is 0.670. The first-order valence-electron chi connectivity index (χ1n) is 5.18. The fourth-order valence-corrected chi connectivity index (χ4v) is 1.93. The number of hydrogen-bond acceptors (Lipinski definition) is 3. The summed E-state index contributed by atoms with van der Waals surface area (Å²) in [7, 11) is 0. The summed E-state index contributed by atoms with van der Waals surface area (Å²) in [5.41, 5.74) is 2.76. The zero-order valence-electron chi connectivity index (χ0n) is 9.11. The highest BCUT2D eigenvalue weighted by molar-refractivity contribution is 6.34. The lowest BCUT2D eigenvalue weighted by atomic mass is 10.1. The van der Waals surface area contributed by atoms with E-state index in [2.05, 4.69) is 20.2 Å². The minimum atomic E-state index is 0.417. The molecule has 0 radical (unpaired) electrons. The smallest absolute Gasteiger partial charge is 0.163 e. The largest absolute Gasteiger partial charge is 0.261 e. The first kappa shape index (κ1) is 10.2. The Morgan fingerprint density at radius 1 is 1.24 bits per heavy atom. The molecule has 1 N–H and O–H groups in total. The number of nitrogens with zero attached hydrogens (tertiary/aromatic N) is 3. The Balaban J connectivity index is 2.23. The van der Waals surface area contributed by atoms with Crippen molar-refractivity contribution in [1.29, 1.82) is 0 Å². The normalized spacial score (nSPS) is 10.9. The van der Waals surface area contributed by atoms with Gasteiger partial charge in [0, 0.05) is 5.56 Å². The van der Waals surface area contributed by atoms with Crippen LogP contribution in [0, 0.1) is 6.92 Å². The molecule has 0 bridgehead atoms. The Kier molecular flexibility index (Phi) is 2.30. The van der Waals surface area contributed by atoms with Crippen molar-refractivity contribution < 1.29 is 0 Å². The molecule has 17 heavy (non-hydrogen) atoms. The highest BCUT2D eigenvalue weighted by Gasteiger charge is 2.09. The van der Waals surface area contributed by atoms with Crippen LogP contribution in [0.3, 0.4) is 0 Å². The maximum Gasteiger partial charge on any atom is 0.163 e. The molecular formula is C12H9ClN4. The molecule has 84 valence electrons. The topological polar surface area (TPSA) is 54.5 Å². The molecule has 4 nitrogen and oxygen atoms in total. The maximum absolute atomic E-state index is 6.08. The van der Waals surface area contributed by atoms with Gasteiger partial charge in [-0.15, -0.1) is 0 Å². The fraction of sp³-hybridized carbons (Fsp3) is 0.0833. The second kappa shape index (κ2) is 3.82. The average Bonchev–Trinajstić information content (AvgIpc) is 2.77. The molecule has 2 heterocycles. The van der Waals surface area contributed by atoms with Crippen molar-refractivity contribution in [3.8, 4) is 11.4 Å². The molecule has 0 saturated heterocycles. The molecule has 3 rings (SSSR count). The highest BCUT2D eigenvalue weighted by atomic mass is 35.5. The summed E-state index contributed by atoms with van der Waals surface area (Å²) in [5, 5.41) is 7.86. The van der Waals surface area contributed by atoms with Crippen molar-refractivity contribution in [2.45, 2.75) is 6.92 Å². The van der Waals surface area contributed by atoms with Crippen LogP contribution in [0.15, 0.2) is 30.5 Å². The molecule has 0 saturated carbocycles. The summed E-state index contributed by atoms with van der Waals surface area (Å²) < 4.78 is 0. The van der Waals surface area contributed by atoms with Crippen LogP contribution in [0.2, 0.25) is 5.15 Å². The van der Waals surface area contributed by atoms with Crippen LogP contribution < -0.4 is 0 Å². The van der Waals surface area contributed by atoms with Crippen molar-refractivity contribution in [3.05, 3.63) is 41.2 Å². The first-order valence-corrected chi connectivity index (χ1v) is 5.55. The van der Waals surface area contributed by atoms with Crippen molar-refractivity contribution in [2.75, 3.05) is 0 Å². The van der Waals surface area contributed by atoms with Gasteiger partial charge < -0.3 is 0 Å². The van der Waals surface area contributed by atoms with Gasteiger partial charge >= 0.3 is 0 Å². The third-order valence-corrected chi connectivity index (χ3v) is 2.83. The summed E-state index contributed by atoms with van der Waals surface area (Å²) in [6.07, 6.45) is 1.62. The summed E-state index contributed by atoms with van der Waals surface area (Å²) in [5.74, 6) is 0.607. The van der Waals surface area contributed by atoms with E-state index in [9.17, 15) is 0 Å². The number of aromatic nitrogens is 4. The van der Waals surface area contributed by atoms with Gasteiger partial charge in [0.15, 0.2) is 11.5 Å². The van der Waals surface area contributed by atoms with E-state index in [4.69, 9.17) is 11.6 Å². The first-order chi connectivity index (χ1) is 8.24. The predicted octanol–water partition coefficient (Wildman–Crippen LogP) is 2.98. The summed E-state index contributed by atoms with van der Waals surface area (Å²) >= 11 is 6.08. The zero-order chi connectivity index (χ0) is 11.8. The molecule has 0 aliphatic heterocycles. The highest BCUT2D eigenvalue weighted by Crippen LogP contribution is 2.23. The van der Waals surface area contributed by atoms with Gasteiger partial charge in [-0.2, -0.15) is 5.10 Å². The summed E-state index contributed by atoms with van der Waals surface area (Å²) in [4.78, 5) is 8.67. The van der Waals surface area contributed by atoms with E-state index >= 15 is 0 Å². The molecule has 5 heteroatoms. The van der Waals surface area contributed by atoms with E-state index in [1.807, 2.05) is 31.2 Å². The maximum atomic E-state index is 6.08. The number of nitrogens with one attached hydrogen (secondary N) is 1. The summed E-state index contributed by atoms with van der Waals surface area (Å²) in [6, 6.07) is 7.98. The van der Waals surface area contributed by atoms with Gasteiger partial charge in [-0.1, -0.05) is 35.4 Å². The molecule has 0 fully saturated rings. The molecule has 1 aromatic carbocycles. The van der Waals surface area contributed by atoms with E-state index in [0.717, 1.165) is 16.5 Å². The Morgan fingerprint density at radius 3 is 2.94 bits per heavy atom. The Labute approximate surface area is 103 Å². The number of halogens is 1. The van der Waals surface area contributed by atoms with Crippen molar-refractivity contribution in [1.82, 2.24) is 20.2 Å². The van der Waals surface area contributed by atoms with Crippen molar-refractivity contribution in [3.63, 3.8) is 0 Å². The van der Waals surface area contributed by atoms with Crippen LogP contribution in [-0.4, -0.2) is 20.2 Å². The Morgan fingerprint density at radius 2 is 2.12 bits per heavy atom. The zero-order valence-corrected chi connectivity index (χ0v) is 9.86. The lowest BCUT2D eigenvalue weighted by Crippen LogP contribution is -1.91. The van der Waals surface area contributed by atoms with Crippen molar-refractivity contribution in [2.24, 2.45) is 0 Å². The number of H-pyrrole nitrogens is 1. The van der Waals surface area contributed by atoms with Crippen LogP contribution in [0.5, 0.6) is 0 Å². The van der Waals surface area contributed by atoms with Crippen LogP contribution >= 0.6 is 11.6 Å². The number of aryl methyl sites for hydroxylation is 1. The molecule has 0 atom stereocenters. The molecular weight excluding hydrogens is 236 g/mol. The summed E-state index contributed by atoms with van der Waals surface area (Å²) in [6.45, 7) is 2.03. The van der Waals surface area contributed by atoms with Crippen molar-refractivity contribution >= 4 is 22.6 Å². The average molecular weight is 245 g/mol. The van der Waals surface area contributed by atoms with Gasteiger partial charge in [-0.25, -0.2) is 9.97 Å². The standard InChI is InChI=1S/C12H9ClN4/c1-7-3-2-4-8(5-7)11-15-10(13)9-6-14-17-12(9)16-11/h2-6H,1H3,(H,14,15,16,17). The number of aromatic amines is 1. The monoisotopic (exact) mass is 244 g/mol. The molecule has 0 amide bonds. The van der Waals surface area contributed by atoms with Gasteiger partial charge in [-0.05, 0) is 13.0 Å². The number of fused-ring (bicyclic) bond motifs is 1. The number of benzene rings is 1. The number of rotatable bonds is 1. The van der Waals surface area contributed by atoms with Crippen LogP contribution in [-0.2, 0) is 0 Å². The van der Waals surface area contributed by atoms with Crippen LogP contribution in [0.1, 0.15) is 5.56 Å². The molecule has 0 unspecified atom stereocenters. The van der Waals surface area contributed by atoms with E-state index < -0.39 is 0 Å². The number of hydrogen-bond donors (Lipinski definition) is 1. The minimum Gasteiger partial charge on any atom is -0.261 e. The Hall–Kier alpha value is -1.94. The minimum absolute atomic E-state index is 0.417. The molecule has 3 aromatic rings. The van der Waals surface area contributed by atoms with Gasteiger partial charge in [0.05, 0.1) is 11.6 Å². The fourth-order valence-electron chi connectivity index (χ4n) is 1.71. The van der Waals surface area contributed by atoms with E-state index in [-0.39, 0.29) is 0 Å². The van der Waals surface area contributed by atoms with E-state index in [0.29, 0.717) is 16.6 Å². The van der Waals surface area contributed by atoms with Crippen LogP contribution in [0.4, 0.5) is 0 Å². The SMILES string of the molecule is Cc1cccc(-c2nc(Cl)c3cn[nH]c3n2)c1. The Bertz CT molecular complexity index is 690. The van der Waals surface area contributed by atoms with Gasteiger partial charge in [0.2, 0.25) is 0 Å². The molecule has 0 spiro atoms. The third-order valence-electron chi connectivity index (χ3n) is 2.54. The molecule has 0 aliphatic rings. The second-order valence-corrected chi connectivity index (χ2v) is 4.20. The van der Waals surface area contributed by atoms with Gasteiger partial charge in [-0.3, -0.25) is 5.10 Å². The lowest BCUT2D eigenvalue weighted by molar-refractivity contribution is 1.09. The third kappa shape index (κ3) is 1.76. The molecule has 2 aromatic heterocycles. The van der Waals surface area contributed by atoms with E-state index in [1.165, 1.54) is 0 Å². The predicted molar refractivity (Wildman–Crippen MR) is 66.9 cm³/mol. The second-order valence-electron chi connectivity index (χ2n) is 3.84. The molecule has 0 aliphatic carbocycles. The van der Waals surface area contributed by atoms with Gasteiger partial charge in [0.1, 0.15) is 5.15 Å². The van der Waals surface area contributed by atoms with Gasteiger partial charge in [0.25, 0.3) is 0 Å². The van der Waals surface area contributed by atoms with E-state index in [1.54, 1.807) is 6.20 Å². The van der Waals surface area contributed by atoms with Crippen LogP contribution in [0.25, 0.3) is 22.4 Å². The lowest BCUT2D eigenvalue weighted by Gasteiger charge is -2.02.